The molecule has 0 saturated carbocycles. The highest BCUT2D eigenvalue weighted by Gasteiger charge is 2.21. The molecule has 0 amide bonds. The lowest BCUT2D eigenvalue weighted by Gasteiger charge is -2.09. The fourth-order valence-corrected chi connectivity index (χ4v) is 4.20. The Morgan fingerprint density at radius 2 is 2.00 bits per heavy atom. The van der Waals surface area contributed by atoms with Crippen molar-refractivity contribution in [1.82, 2.24) is 9.55 Å². The van der Waals surface area contributed by atoms with Crippen molar-refractivity contribution in [2.24, 2.45) is 0 Å². The maximum atomic E-state index is 6.17. The maximum absolute atomic E-state index is 6.17. The summed E-state index contributed by atoms with van der Waals surface area (Å²) < 4.78 is 2.21. The summed E-state index contributed by atoms with van der Waals surface area (Å²) in [5, 5.41) is 1.26. The van der Waals surface area contributed by atoms with E-state index >= 15 is 0 Å². The molecule has 1 unspecified atom stereocenters. The first-order valence-electron chi connectivity index (χ1n) is 7.31. The summed E-state index contributed by atoms with van der Waals surface area (Å²) in [5.74, 6) is 1.11. The molecule has 0 N–H and O–H groups in total. The predicted molar refractivity (Wildman–Crippen MR) is 93.0 cm³/mol. The molecule has 4 heteroatoms. The minimum atomic E-state index is 0.476. The average Bonchev–Trinajstić information content (AvgIpc) is 2.86. The van der Waals surface area contributed by atoms with Gasteiger partial charge in [-0.1, -0.05) is 48.9 Å². The lowest BCUT2D eigenvalue weighted by atomic mass is 10.2. The molecular formula is C18H15ClN2S. The van der Waals surface area contributed by atoms with Gasteiger partial charge in [0.15, 0.2) is 0 Å². The van der Waals surface area contributed by atoms with E-state index in [4.69, 9.17) is 16.6 Å². The Morgan fingerprint density at radius 1 is 1.18 bits per heavy atom. The normalized spacial score (nSPS) is 16.7. The number of rotatable bonds is 1. The number of hydrogen-bond acceptors (Lipinski definition) is 2. The molecular weight excluding hydrogens is 312 g/mol. The van der Waals surface area contributed by atoms with Crippen LogP contribution in [0.2, 0.25) is 5.02 Å². The Hall–Kier alpha value is -1.71. The Kier molecular flexibility index (Phi) is 3.47. The van der Waals surface area contributed by atoms with Crippen molar-refractivity contribution >= 4 is 23.4 Å². The van der Waals surface area contributed by atoms with Gasteiger partial charge in [0.1, 0.15) is 5.82 Å². The van der Waals surface area contributed by atoms with E-state index < -0.39 is 0 Å². The van der Waals surface area contributed by atoms with E-state index in [2.05, 4.69) is 42.0 Å². The van der Waals surface area contributed by atoms with E-state index in [1.807, 2.05) is 36.0 Å². The second-order valence-electron chi connectivity index (χ2n) is 5.52. The monoisotopic (exact) mass is 326 g/mol. The predicted octanol–water partition coefficient (Wildman–Crippen LogP) is 5.23. The minimum Gasteiger partial charge on any atom is -0.302 e. The largest absolute Gasteiger partial charge is 0.302 e. The summed E-state index contributed by atoms with van der Waals surface area (Å²) in [7, 11) is 0. The maximum Gasteiger partial charge on any atom is 0.115 e. The molecule has 22 heavy (non-hydrogen) atoms. The van der Waals surface area contributed by atoms with Crippen LogP contribution in [0.5, 0.6) is 0 Å². The zero-order valence-electron chi connectivity index (χ0n) is 12.2. The number of fused-ring (bicyclic) bond motifs is 3. The number of imidazole rings is 1. The minimum absolute atomic E-state index is 0.476. The van der Waals surface area contributed by atoms with Gasteiger partial charge in [-0.3, -0.25) is 0 Å². The molecule has 4 rings (SSSR count). The molecule has 0 aliphatic carbocycles. The molecule has 1 aromatic heterocycles. The van der Waals surface area contributed by atoms with E-state index in [0.29, 0.717) is 5.25 Å². The molecule has 0 spiro atoms. The van der Waals surface area contributed by atoms with Gasteiger partial charge < -0.3 is 4.57 Å². The lowest BCUT2D eigenvalue weighted by Crippen LogP contribution is -2.03. The van der Waals surface area contributed by atoms with E-state index in [0.717, 1.165) is 28.5 Å². The van der Waals surface area contributed by atoms with Gasteiger partial charge in [-0.15, -0.1) is 11.8 Å². The molecule has 3 aromatic rings. The van der Waals surface area contributed by atoms with Crippen LogP contribution in [0.25, 0.3) is 16.9 Å². The molecule has 1 atom stereocenters. The van der Waals surface area contributed by atoms with Crippen LogP contribution in [0, 0.1) is 0 Å². The molecule has 0 radical (unpaired) electrons. The van der Waals surface area contributed by atoms with Gasteiger partial charge in [0.2, 0.25) is 0 Å². The van der Waals surface area contributed by atoms with Gasteiger partial charge in [-0.05, 0) is 18.2 Å². The zero-order chi connectivity index (χ0) is 15.1. The first-order chi connectivity index (χ1) is 10.7. The smallest absolute Gasteiger partial charge is 0.115 e. The topological polar surface area (TPSA) is 17.8 Å². The second kappa shape index (κ2) is 5.49. The Labute approximate surface area is 139 Å². The van der Waals surface area contributed by atoms with Crippen LogP contribution in [0.15, 0.2) is 59.6 Å². The van der Waals surface area contributed by atoms with Crippen molar-refractivity contribution in [2.75, 3.05) is 0 Å². The van der Waals surface area contributed by atoms with Gasteiger partial charge in [0.05, 0.1) is 11.4 Å². The highest BCUT2D eigenvalue weighted by atomic mass is 35.5. The van der Waals surface area contributed by atoms with Crippen LogP contribution in [0.1, 0.15) is 12.7 Å². The van der Waals surface area contributed by atoms with Crippen molar-refractivity contribution in [3.8, 4) is 16.9 Å². The van der Waals surface area contributed by atoms with Gasteiger partial charge in [0, 0.05) is 33.3 Å². The van der Waals surface area contributed by atoms with Crippen LogP contribution >= 0.6 is 23.4 Å². The van der Waals surface area contributed by atoms with Crippen molar-refractivity contribution < 1.29 is 0 Å². The molecule has 1 aliphatic heterocycles. The molecule has 0 fully saturated rings. The third-order valence-electron chi connectivity index (χ3n) is 3.83. The highest BCUT2D eigenvalue weighted by molar-refractivity contribution is 8.00. The quantitative estimate of drug-likeness (QED) is 0.609. The van der Waals surface area contributed by atoms with Crippen molar-refractivity contribution in [1.29, 1.82) is 0 Å². The molecule has 0 bridgehead atoms. The summed E-state index contributed by atoms with van der Waals surface area (Å²) in [6.07, 6.45) is 3.08. The first kappa shape index (κ1) is 13.9. The Bertz CT molecular complexity index is 826. The molecule has 2 aromatic carbocycles. The summed E-state index contributed by atoms with van der Waals surface area (Å²) in [5.41, 5.74) is 3.35. The summed E-state index contributed by atoms with van der Waals surface area (Å²) >= 11 is 8.03. The molecule has 110 valence electrons. The highest BCUT2D eigenvalue weighted by Crippen LogP contribution is 2.37. The third-order valence-corrected chi connectivity index (χ3v) is 5.21. The van der Waals surface area contributed by atoms with E-state index in [1.54, 1.807) is 0 Å². The van der Waals surface area contributed by atoms with Crippen molar-refractivity contribution in [2.45, 2.75) is 23.5 Å². The van der Waals surface area contributed by atoms with Gasteiger partial charge >= 0.3 is 0 Å². The number of nitrogens with zero attached hydrogens (tertiary/aromatic N) is 2. The Balaban J connectivity index is 1.89. The van der Waals surface area contributed by atoms with Crippen LogP contribution in [0.4, 0.5) is 0 Å². The standard InChI is InChI=1S/C18H15ClN2S/c1-12-9-18-20-15(13-5-3-2-4-6-13)11-21(18)16-8-7-14(19)10-17(16)22-12/h2-8,10-12H,9H2,1H3. The van der Waals surface area contributed by atoms with E-state index in [1.165, 1.54) is 10.6 Å². The number of thioether (sulfide) groups is 1. The van der Waals surface area contributed by atoms with Crippen LogP contribution in [-0.2, 0) is 6.42 Å². The second-order valence-corrected chi connectivity index (χ2v) is 7.44. The zero-order valence-corrected chi connectivity index (χ0v) is 13.7. The Morgan fingerprint density at radius 3 is 2.82 bits per heavy atom. The van der Waals surface area contributed by atoms with Crippen molar-refractivity contribution in [3.05, 3.63) is 65.6 Å². The summed E-state index contributed by atoms with van der Waals surface area (Å²) in [4.78, 5) is 6.09. The average molecular weight is 327 g/mol. The van der Waals surface area contributed by atoms with Crippen molar-refractivity contribution in [3.63, 3.8) is 0 Å². The molecule has 0 saturated heterocycles. The fraction of sp³-hybridized carbons (Fsp3) is 0.167. The summed E-state index contributed by atoms with van der Waals surface area (Å²) in [6, 6.07) is 16.4. The van der Waals surface area contributed by atoms with Gasteiger partial charge in [0.25, 0.3) is 0 Å². The van der Waals surface area contributed by atoms with Crippen LogP contribution in [0.3, 0.4) is 0 Å². The van der Waals surface area contributed by atoms with Gasteiger partial charge in [-0.2, -0.15) is 0 Å². The molecule has 2 nitrogen and oxygen atoms in total. The fourth-order valence-electron chi connectivity index (χ4n) is 2.82. The van der Waals surface area contributed by atoms with Crippen LogP contribution < -0.4 is 0 Å². The lowest BCUT2D eigenvalue weighted by molar-refractivity contribution is 0.830. The number of benzene rings is 2. The third kappa shape index (κ3) is 2.44. The number of aromatic nitrogens is 2. The van der Waals surface area contributed by atoms with E-state index in [9.17, 15) is 0 Å². The molecule has 2 heterocycles. The summed E-state index contributed by atoms with van der Waals surface area (Å²) in [6.45, 7) is 2.24. The van der Waals surface area contributed by atoms with Crippen LogP contribution in [-0.4, -0.2) is 14.8 Å². The first-order valence-corrected chi connectivity index (χ1v) is 8.57. The van der Waals surface area contributed by atoms with E-state index in [-0.39, 0.29) is 0 Å². The van der Waals surface area contributed by atoms with Gasteiger partial charge in [-0.25, -0.2) is 4.98 Å². The number of hydrogen-bond donors (Lipinski definition) is 0. The molecule has 1 aliphatic rings. The number of halogens is 1. The SMILES string of the molecule is CC1Cc2nc(-c3ccccc3)cn2-c2ccc(Cl)cc2S1.